The lowest BCUT2D eigenvalue weighted by atomic mass is 10.1. The number of amides is 3. The van der Waals surface area contributed by atoms with Gasteiger partial charge in [-0.25, -0.2) is 4.79 Å². The van der Waals surface area contributed by atoms with E-state index in [1.54, 1.807) is 11.6 Å². The van der Waals surface area contributed by atoms with Crippen molar-refractivity contribution in [2.45, 2.75) is 31.2 Å². The summed E-state index contributed by atoms with van der Waals surface area (Å²) in [6.07, 6.45) is 0. The normalized spacial score (nSPS) is 11.7. The van der Waals surface area contributed by atoms with Gasteiger partial charge in [-0.2, -0.15) is 4.68 Å². The number of tetrazole rings is 1. The molecule has 3 amide bonds. The number of hydrogen-bond donors (Lipinski definition) is 2. The van der Waals surface area contributed by atoms with Gasteiger partial charge in [0.15, 0.2) is 0 Å². The molecule has 2 aromatic carbocycles. The Morgan fingerprint density at radius 1 is 1.10 bits per heavy atom. The standard InChI is InChI=1S/C20H22N6O2S/c1-4-21-19(28)22-18(27)17(15-8-6-5-7-9-15)29-20-23-24-25-26(20)16-11-10-13(2)14(3)12-16/h5-12,17H,4H2,1-3H3,(H2,21,22,27,28)/t17-/m1/s1. The molecule has 0 aliphatic carbocycles. The number of carbonyl (C=O) groups excluding carboxylic acids is 2. The van der Waals surface area contributed by atoms with Crippen molar-refractivity contribution in [1.82, 2.24) is 30.8 Å². The predicted octanol–water partition coefficient (Wildman–Crippen LogP) is 2.96. The van der Waals surface area contributed by atoms with Crippen LogP contribution in [0.15, 0.2) is 53.7 Å². The second-order valence-corrected chi connectivity index (χ2v) is 7.47. The maximum Gasteiger partial charge on any atom is 0.321 e. The van der Waals surface area contributed by atoms with Crippen LogP contribution in [0.1, 0.15) is 28.9 Å². The first kappa shape index (κ1) is 20.5. The lowest BCUT2D eigenvalue weighted by Gasteiger charge is -2.16. The van der Waals surface area contributed by atoms with Gasteiger partial charge in [0.05, 0.1) is 5.69 Å². The molecule has 0 saturated carbocycles. The van der Waals surface area contributed by atoms with Crippen LogP contribution in [0.2, 0.25) is 0 Å². The number of carbonyl (C=O) groups is 2. The molecule has 0 spiro atoms. The van der Waals surface area contributed by atoms with Crippen LogP contribution in [0, 0.1) is 13.8 Å². The highest BCUT2D eigenvalue weighted by atomic mass is 32.2. The first-order valence-electron chi connectivity index (χ1n) is 9.16. The second-order valence-electron chi connectivity index (χ2n) is 6.40. The zero-order chi connectivity index (χ0) is 20.8. The van der Waals surface area contributed by atoms with Crippen LogP contribution >= 0.6 is 11.8 Å². The molecule has 9 heteroatoms. The molecule has 3 aromatic rings. The van der Waals surface area contributed by atoms with Gasteiger partial charge in [0.1, 0.15) is 5.25 Å². The monoisotopic (exact) mass is 410 g/mol. The summed E-state index contributed by atoms with van der Waals surface area (Å²) in [4.78, 5) is 24.7. The molecule has 1 aromatic heterocycles. The van der Waals surface area contributed by atoms with E-state index in [0.29, 0.717) is 11.7 Å². The topological polar surface area (TPSA) is 102 Å². The highest BCUT2D eigenvalue weighted by molar-refractivity contribution is 8.00. The molecule has 0 radical (unpaired) electrons. The summed E-state index contributed by atoms with van der Waals surface area (Å²) < 4.78 is 1.59. The van der Waals surface area contributed by atoms with E-state index >= 15 is 0 Å². The quantitative estimate of drug-likeness (QED) is 0.606. The molecule has 0 fully saturated rings. The molecular weight excluding hydrogens is 388 g/mol. The Labute approximate surface area is 173 Å². The largest absolute Gasteiger partial charge is 0.338 e. The molecule has 0 unspecified atom stereocenters. The van der Waals surface area contributed by atoms with E-state index in [1.165, 1.54) is 17.3 Å². The number of thioether (sulfide) groups is 1. The van der Waals surface area contributed by atoms with Crippen LogP contribution in [0.3, 0.4) is 0 Å². The fourth-order valence-corrected chi connectivity index (χ4v) is 3.66. The smallest absolute Gasteiger partial charge is 0.321 e. The zero-order valence-electron chi connectivity index (χ0n) is 16.4. The Hall–Kier alpha value is -3.20. The van der Waals surface area contributed by atoms with Crippen LogP contribution in [-0.4, -0.2) is 38.7 Å². The van der Waals surface area contributed by atoms with Crippen LogP contribution < -0.4 is 10.6 Å². The van der Waals surface area contributed by atoms with Crippen molar-refractivity contribution in [3.8, 4) is 5.69 Å². The Morgan fingerprint density at radius 3 is 2.55 bits per heavy atom. The summed E-state index contributed by atoms with van der Waals surface area (Å²) in [5.74, 6) is -0.443. The minimum absolute atomic E-state index is 0.424. The van der Waals surface area contributed by atoms with Crippen LogP contribution in [0.4, 0.5) is 4.79 Å². The molecule has 8 nitrogen and oxygen atoms in total. The van der Waals surface area contributed by atoms with Crippen molar-refractivity contribution in [1.29, 1.82) is 0 Å². The van der Waals surface area contributed by atoms with Gasteiger partial charge < -0.3 is 5.32 Å². The lowest BCUT2D eigenvalue weighted by molar-refractivity contribution is -0.119. The molecule has 150 valence electrons. The molecule has 1 heterocycles. The van der Waals surface area contributed by atoms with E-state index in [1.807, 2.05) is 62.4 Å². The number of rotatable bonds is 6. The third kappa shape index (κ3) is 5.00. The van der Waals surface area contributed by atoms with Crippen LogP contribution in [0.25, 0.3) is 5.69 Å². The predicted molar refractivity (Wildman–Crippen MR) is 111 cm³/mol. The van der Waals surface area contributed by atoms with Gasteiger partial charge in [0.2, 0.25) is 11.1 Å². The maximum atomic E-state index is 12.8. The highest BCUT2D eigenvalue weighted by Crippen LogP contribution is 2.35. The van der Waals surface area contributed by atoms with E-state index < -0.39 is 17.2 Å². The third-order valence-corrected chi connectivity index (χ3v) is 5.50. The van der Waals surface area contributed by atoms with Crippen molar-refractivity contribution in [2.24, 2.45) is 0 Å². The summed E-state index contributed by atoms with van der Waals surface area (Å²) >= 11 is 1.18. The average molecular weight is 411 g/mol. The van der Waals surface area contributed by atoms with E-state index in [4.69, 9.17) is 0 Å². The number of urea groups is 1. The minimum Gasteiger partial charge on any atom is -0.338 e. The first-order chi connectivity index (χ1) is 14.0. The number of imide groups is 1. The van der Waals surface area contributed by atoms with Gasteiger partial charge >= 0.3 is 6.03 Å². The van der Waals surface area contributed by atoms with Crippen molar-refractivity contribution in [3.63, 3.8) is 0 Å². The van der Waals surface area contributed by atoms with Crippen molar-refractivity contribution in [3.05, 3.63) is 65.2 Å². The summed E-state index contributed by atoms with van der Waals surface area (Å²) in [7, 11) is 0. The Kier molecular flexibility index (Phi) is 6.61. The Morgan fingerprint density at radius 2 is 1.86 bits per heavy atom. The average Bonchev–Trinajstić information content (AvgIpc) is 3.17. The fraction of sp³-hybridized carbons (Fsp3) is 0.250. The highest BCUT2D eigenvalue weighted by Gasteiger charge is 2.26. The molecular formula is C20H22N6O2S. The maximum absolute atomic E-state index is 12.8. The number of hydrogen-bond acceptors (Lipinski definition) is 6. The molecule has 0 saturated heterocycles. The van der Waals surface area contributed by atoms with Crippen molar-refractivity contribution >= 4 is 23.7 Å². The number of benzene rings is 2. The van der Waals surface area contributed by atoms with E-state index in [0.717, 1.165) is 16.8 Å². The fourth-order valence-electron chi connectivity index (χ4n) is 2.66. The van der Waals surface area contributed by atoms with Crippen LogP contribution in [0.5, 0.6) is 0 Å². The van der Waals surface area contributed by atoms with Gasteiger partial charge in [0, 0.05) is 6.54 Å². The van der Waals surface area contributed by atoms with Gasteiger partial charge in [-0.1, -0.05) is 48.2 Å². The second kappa shape index (κ2) is 9.33. The zero-order valence-corrected chi connectivity index (χ0v) is 17.2. The summed E-state index contributed by atoms with van der Waals surface area (Å²) in [6, 6.07) is 14.6. The van der Waals surface area contributed by atoms with Gasteiger partial charge in [-0.15, -0.1) is 5.10 Å². The SMILES string of the molecule is CCNC(=O)NC(=O)[C@H](Sc1nnnn1-c1ccc(C)c(C)c1)c1ccccc1. The van der Waals surface area contributed by atoms with E-state index in [2.05, 4.69) is 26.2 Å². The molecule has 0 bridgehead atoms. The van der Waals surface area contributed by atoms with E-state index in [9.17, 15) is 9.59 Å². The Bertz CT molecular complexity index is 1010. The number of aromatic nitrogens is 4. The summed E-state index contributed by atoms with van der Waals surface area (Å²) in [5.41, 5.74) is 3.83. The molecule has 29 heavy (non-hydrogen) atoms. The first-order valence-corrected chi connectivity index (χ1v) is 10.0. The van der Waals surface area contributed by atoms with E-state index in [-0.39, 0.29) is 0 Å². The van der Waals surface area contributed by atoms with Crippen LogP contribution in [-0.2, 0) is 4.79 Å². The number of nitrogens with zero attached hydrogens (tertiary/aromatic N) is 4. The molecule has 3 rings (SSSR count). The van der Waals surface area contributed by atoms with Crippen molar-refractivity contribution < 1.29 is 9.59 Å². The third-order valence-electron chi connectivity index (χ3n) is 4.31. The molecule has 2 N–H and O–H groups in total. The lowest BCUT2D eigenvalue weighted by Crippen LogP contribution is -2.41. The van der Waals surface area contributed by atoms with Gasteiger partial charge in [0.25, 0.3) is 0 Å². The Balaban J connectivity index is 1.91. The van der Waals surface area contributed by atoms with Gasteiger partial charge in [-0.05, 0) is 60.0 Å². The summed E-state index contributed by atoms with van der Waals surface area (Å²) in [5, 5.41) is 16.6. The number of nitrogens with one attached hydrogen (secondary N) is 2. The molecule has 1 atom stereocenters. The van der Waals surface area contributed by atoms with Gasteiger partial charge in [-0.3, -0.25) is 10.1 Å². The van der Waals surface area contributed by atoms with Crippen molar-refractivity contribution in [2.75, 3.05) is 6.54 Å². The number of aryl methyl sites for hydroxylation is 2. The summed E-state index contributed by atoms with van der Waals surface area (Å²) in [6.45, 7) is 6.26. The molecule has 0 aliphatic rings. The minimum atomic E-state index is -0.699. The molecule has 0 aliphatic heterocycles.